The highest BCUT2D eigenvalue weighted by molar-refractivity contribution is 5.83. The number of rotatable bonds is 5. The largest absolute Gasteiger partial charge is 0.497 e. The minimum absolute atomic E-state index is 0.0208. The Labute approximate surface area is 143 Å². The molecule has 6 nitrogen and oxygen atoms in total. The van der Waals surface area contributed by atoms with Crippen molar-refractivity contribution >= 4 is 11.8 Å². The number of piperidine rings is 1. The number of nitrogens with zero attached hydrogens (tertiary/aromatic N) is 1. The lowest BCUT2D eigenvalue weighted by atomic mass is 9.79. The molecule has 2 amide bonds. The molecule has 0 bridgehead atoms. The Morgan fingerprint density at radius 1 is 1.12 bits per heavy atom. The van der Waals surface area contributed by atoms with Crippen LogP contribution in [-0.2, 0) is 16.1 Å². The first kappa shape index (κ1) is 18.1. The molecule has 0 aliphatic carbocycles. The lowest BCUT2D eigenvalue weighted by Crippen LogP contribution is -2.48. The molecule has 6 heteroatoms. The van der Waals surface area contributed by atoms with Crippen molar-refractivity contribution in [3.8, 4) is 11.5 Å². The van der Waals surface area contributed by atoms with Crippen LogP contribution in [0.25, 0.3) is 0 Å². The fourth-order valence-electron chi connectivity index (χ4n) is 2.91. The van der Waals surface area contributed by atoms with Crippen molar-refractivity contribution in [1.82, 2.24) is 10.2 Å². The second kappa shape index (κ2) is 7.55. The van der Waals surface area contributed by atoms with Crippen molar-refractivity contribution < 1.29 is 19.1 Å². The number of hydrogen-bond donors (Lipinski definition) is 1. The molecule has 0 aromatic heterocycles. The average molecular weight is 334 g/mol. The summed E-state index contributed by atoms with van der Waals surface area (Å²) in [5, 5.41) is 3.00. The maximum atomic E-state index is 12.6. The molecule has 132 valence electrons. The van der Waals surface area contributed by atoms with Crippen LogP contribution in [0.2, 0.25) is 0 Å². The van der Waals surface area contributed by atoms with Crippen LogP contribution in [0.4, 0.5) is 0 Å². The highest BCUT2D eigenvalue weighted by atomic mass is 16.5. The molecule has 0 unspecified atom stereocenters. The number of hydrogen-bond acceptors (Lipinski definition) is 4. The first-order valence-corrected chi connectivity index (χ1v) is 8.14. The van der Waals surface area contributed by atoms with Crippen LogP contribution in [0.1, 0.15) is 32.3 Å². The van der Waals surface area contributed by atoms with Crippen molar-refractivity contribution in [2.24, 2.45) is 5.41 Å². The Hall–Kier alpha value is -2.24. The van der Waals surface area contributed by atoms with Gasteiger partial charge in [-0.3, -0.25) is 9.59 Å². The van der Waals surface area contributed by atoms with Gasteiger partial charge in [-0.1, -0.05) is 6.92 Å². The molecule has 0 saturated carbocycles. The molecule has 1 saturated heterocycles. The lowest BCUT2D eigenvalue weighted by Gasteiger charge is -2.37. The zero-order valence-electron chi connectivity index (χ0n) is 14.8. The number of methoxy groups -OCH3 is 2. The second-order valence-corrected chi connectivity index (χ2v) is 6.47. The van der Waals surface area contributed by atoms with Gasteiger partial charge in [-0.2, -0.15) is 0 Å². The Bertz CT molecular complexity index is 585. The van der Waals surface area contributed by atoms with Crippen LogP contribution in [0.3, 0.4) is 0 Å². The van der Waals surface area contributed by atoms with Crippen molar-refractivity contribution in [3.05, 3.63) is 23.8 Å². The van der Waals surface area contributed by atoms with Crippen molar-refractivity contribution in [1.29, 1.82) is 0 Å². The van der Waals surface area contributed by atoms with Gasteiger partial charge in [0.05, 0.1) is 14.2 Å². The summed E-state index contributed by atoms with van der Waals surface area (Å²) < 4.78 is 10.5. The second-order valence-electron chi connectivity index (χ2n) is 6.47. The van der Waals surface area contributed by atoms with Gasteiger partial charge in [0.15, 0.2) is 0 Å². The highest BCUT2D eigenvalue weighted by Crippen LogP contribution is 2.31. The zero-order valence-corrected chi connectivity index (χ0v) is 14.8. The van der Waals surface area contributed by atoms with Gasteiger partial charge in [-0.15, -0.1) is 0 Å². The van der Waals surface area contributed by atoms with E-state index in [2.05, 4.69) is 5.32 Å². The van der Waals surface area contributed by atoms with Gasteiger partial charge in [0.2, 0.25) is 11.8 Å². The number of carbonyl (C=O) groups excluding carboxylic acids is 2. The van der Waals surface area contributed by atoms with E-state index in [0.29, 0.717) is 44.0 Å². The zero-order chi connectivity index (χ0) is 17.7. The summed E-state index contributed by atoms with van der Waals surface area (Å²) >= 11 is 0. The van der Waals surface area contributed by atoms with E-state index in [1.807, 2.05) is 19.1 Å². The van der Waals surface area contributed by atoms with Gasteiger partial charge >= 0.3 is 0 Å². The van der Waals surface area contributed by atoms with Crippen molar-refractivity contribution in [2.45, 2.75) is 33.2 Å². The predicted octanol–water partition coefficient (Wildman–Crippen LogP) is 1.97. The van der Waals surface area contributed by atoms with Gasteiger partial charge in [0, 0.05) is 38.0 Å². The monoisotopic (exact) mass is 334 g/mol. The van der Waals surface area contributed by atoms with Crippen LogP contribution in [0.5, 0.6) is 11.5 Å². The Balaban J connectivity index is 1.97. The minimum atomic E-state index is -0.436. The van der Waals surface area contributed by atoms with Crippen LogP contribution in [0.15, 0.2) is 18.2 Å². The van der Waals surface area contributed by atoms with Crippen molar-refractivity contribution in [2.75, 3.05) is 27.3 Å². The molecule has 24 heavy (non-hydrogen) atoms. The molecule has 1 heterocycles. The van der Waals surface area contributed by atoms with E-state index in [9.17, 15) is 9.59 Å². The number of likely N-dealkylation sites (tertiary alicyclic amines) is 1. The van der Waals surface area contributed by atoms with Crippen LogP contribution in [-0.4, -0.2) is 44.0 Å². The summed E-state index contributed by atoms with van der Waals surface area (Å²) in [4.78, 5) is 25.8. The summed E-state index contributed by atoms with van der Waals surface area (Å²) in [5.74, 6) is 1.48. The van der Waals surface area contributed by atoms with E-state index in [-0.39, 0.29) is 11.8 Å². The summed E-state index contributed by atoms with van der Waals surface area (Å²) in [7, 11) is 3.20. The van der Waals surface area contributed by atoms with Crippen LogP contribution >= 0.6 is 0 Å². The number of nitrogens with one attached hydrogen (secondary N) is 1. The number of benzene rings is 1. The van der Waals surface area contributed by atoms with Gasteiger partial charge in [-0.05, 0) is 30.5 Å². The molecule has 0 atom stereocenters. The lowest BCUT2D eigenvalue weighted by molar-refractivity contribution is -0.138. The molecule has 1 N–H and O–H groups in total. The van der Waals surface area contributed by atoms with Crippen LogP contribution in [0, 0.1) is 5.41 Å². The van der Waals surface area contributed by atoms with Gasteiger partial charge < -0.3 is 19.7 Å². The van der Waals surface area contributed by atoms with E-state index in [1.54, 1.807) is 32.1 Å². The molecular weight excluding hydrogens is 308 g/mol. The normalized spacial score (nSPS) is 16.4. The van der Waals surface area contributed by atoms with Crippen LogP contribution < -0.4 is 14.8 Å². The summed E-state index contributed by atoms with van der Waals surface area (Å²) in [6.07, 6.45) is 1.36. The topological polar surface area (TPSA) is 67.9 Å². The maximum absolute atomic E-state index is 12.6. The van der Waals surface area contributed by atoms with Gasteiger partial charge in [0.1, 0.15) is 11.5 Å². The molecule has 1 aliphatic rings. The highest BCUT2D eigenvalue weighted by Gasteiger charge is 2.37. The molecular formula is C18H26N2O4. The quantitative estimate of drug-likeness (QED) is 0.894. The SMILES string of the molecule is COc1cc(CNC(=O)C2(C)CCN(C(C)=O)CC2)cc(OC)c1. The summed E-state index contributed by atoms with van der Waals surface area (Å²) in [5.41, 5.74) is 0.485. The molecule has 0 radical (unpaired) electrons. The summed E-state index contributed by atoms with van der Waals surface area (Å²) in [6, 6.07) is 5.55. The Morgan fingerprint density at radius 2 is 1.67 bits per heavy atom. The molecule has 1 aromatic carbocycles. The Morgan fingerprint density at radius 3 is 2.12 bits per heavy atom. The number of ether oxygens (including phenoxy) is 2. The standard InChI is InChI=1S/C18H26N2O4/c1-13(21)20-7-5-18(2,6-8-20)17(22)19-12-14-9-15(23-3)11-16(10-14)24-4/h9-11H,5-8,12H2,1-4H3,(H,19,22). The third-order valence-electron chi connectivity index (χ3n) is 4.72. The number of amides is 2. The molecule has 1 aliphatic heterocycles. The molecule has 1 fully saturated rings. The fourth-order valence-corrected chi connectivity index (χ4v) is 2.91. The first-order valence-electron chi connectivity index (χ1n) is 8.14. The van der Waals surface area contributed by atoms with E-state index in [4.69, 9.17) is 9.47 Å². The average Bonchev–Trinajstić information content (AvgIpc) is 2.59. The third-order valence-corrected chi connectivity index (χ3v) is 4.72. The fraction of sp³-hybridized carbons (Fsp3) is 0.556. The van der Waals surface area contributed by atoms with E-state index in [0.717, 1.165) is 5.56 Å². The maximum Gasteiger partial charge on any atom is 0.226 e. The van der Waals surface area contributed by atoms with E-state index in [1.165, 1.54) is 0 Å². The number of carbonyl (C=O) groups is 2. The first-order chi connectivity index (χ1) is 11.4. The van der Waals surface area contributed by atoms with Gasteiger partial charge in [0.25, 0.3) is 0 Å². The smallest absolute Gasteiger partial charge is 0.226 e. The Kier molecular flexibility index (Phi) is 5.70. The molecule has 1 aromatic rings. The predicted molar refractivity (Wildman–Crippen MR) is 91.0 cm³/mol. The van der Waals surface area contributed by atoms with Crippen molar-refractivity contribution in [3.63, 3.8) is 0 Å². The van der Waals surface area contributed by atoms with E-state index >= 15 is 0 Å². The minimum Gasteiger partial charge on any atom is -0.497 e. The summed E-state index contributed by atoms with van der Waals surface area (Å²) in [6.45, 7) is 5.21. The molecule has 0 spiro atoms. The third kappa shape index (κ3) is 4.19. The molecule has 2 rings (SSSR count). The van der Waals surface area contributed by atoms with E-state index < -0.39 is 5.41 Å². The van der Waals surface area contributed by atoms with Gasteiger partial charge in [-0.25, -0.2) is 0 Å².